The van der Waals surface area contributed by atoms with Crippen LogP contribution in [-0.4, -0.2) is 22.2 Å². The van der Waals surface area contributed by atoms with Crippen LogP contribution in [0.15, 0.2) is 52.9 Å². The number of Topliss-reactive ketones (excluding diaryl/α,β-unsaturated/α-hetero) is 1. The molecule has 0 unspecified atom stereocenters. The third-order valence-corrected chi connectivity index (χ3v) is 4.44. The van der Waals surface area contributed by atoms with Crippen molar-refractivity contribution in [3.63, 3.8) is 0 Å². The average molecular weight is 368 g/mol. The first kappa shape index (κ1) is 17.7. The van der Waals surface area contributed by atoms with Gasteiger partial charge >= 0.3 is 0 Å². The molecule has 0 radical (unpaired) electrons. The van der Waals surface area contributed by atoms with Crippen LogP contribution in [0.25, 0.3) is 11.3 Å². The zero-order valence-corrected chi connectivity index (χ0v) is 14.8. The van der Waals surface area contributed by atoms with Crippen molar-refractivity contribution in [2.45, 2.75) is 6.92 Å². The molecule has 3 aromatic rings. The lowest BCUT2D eigenvalue weighted by molar-refractivity contribution is -0.825. The summed E-state index contributed by atoms with van der Waals surface area (Å²) in [7, 11) is 0. The highest BCUT2D eigenvalue weighted by Gasteiger charge is 2.06. The molecule has 0 amide bonds. The SMILES string of the molecule is CC(=O)c1ccc(/C=N/Nc2nc(-c3cccc([NH2+]O)c3)cs2)c(N)c1. The van der Waals surface area contributed by atoms with Crippen molar-refractivity contribution in [1.82, 2.24) is 4.98 Å². The lowest BCUT2D eigenvalue weighted by Gasteiger charge is -2.02. The van der Waals surface area contributed by atoms with Gasteiger partial charge in [-0.1, -0.05) is 24.3 Å². The van der Waals surface area contributed by atoms with E-state index in [-0.39, 0.29) is 5.78 Å². The average Bonchev–Trinajstić information content (AvgIpc) is 3.12. The van der Waals surface area contributed by atoms with Gasteiger partial charge in [0, 0.05) is 39.9 Å². The lowest BCUT2D eigenvalue weighted by Crippen LogP contribution is -2.73. The standard InChI is InChI=1S/C18H17N5O2S/c1-11(24)12-5-6-14(16(19)8-12)9-20-22-18-21-17(10-26-18)13-3-2-4-15(7-13)23-25/h2-10,23,25H,19H2,1H3,(H,21,22)/p+1/b20-9+. The van der Waals surface area contributed by atoms with E-state index in [0.717, 1.165) is 16.7 Å². The summed E-state index contributed by atoms with van der Waals surface area (Å²) < 4.78 is 0. The summed E-state index contributed by atoms with van der Waals surface area (Å²) >= 11 is 1.42. The van der Waals surface area contributed by atoms with Gasteiger partial charge in [-0.2, -0.15) is 10.6 Å². The number of hydrazone groups is 1. The van der Waals surface area contributed by atoms with Crippen LogP contribution < -0.4 is 16.6 Å². The molecule has 0 aliphatic carbocycles. The van der Waals surface area contributed by atoms with Crippen molar-refractivity contribution in [2.24, 2.45) is 5.10 Å². The van der Waals surface area contributed by atoms with E-state index in [1.807, 2.05) is 23.6 Å². The number of hydrogen-bond acceptors (Lipinski definition) is 7. The van der Waals surface area contributed by atoms with Crippen molar-refractivity contribution < 1.29 is 15.5 Å². The number of benzene rings is 2. The van der Waals surface area contributed by atoms with Gasteiger partial charge in [0.25, 0.3) is 0 Å². The maximum Gasteiger partial charge on any atom is 0.203 e. The van der Waals surface area contributed by atoms with Crippen molar-refractivity contribution in [3.05, 3.63) is 59.0 Å². The lowest BCUT2D eigenvalue weighted by atomic mass is 10.1. The molecule has 6 N–H and O–H groups in total. The largest absolute Gasteiger partial charge is 0.398 e. The van der Waals surface area contributed by atoms with E-state index in [1.165, 1.54) is 18.3 Å². The first-order valence-corrected chi connectivity index (χ1v) is 8.67. The fraction of sp³-hybridized carbons (Fsp3) is 0.0556. The minimum Gasteiger partial charge on any atom is -0.398 e. The monoisotopic (exact) mass is 368 g/mol. The Hall–Kier alpha value is -3.07. The summed E-state index contributed by atoms with van der Waals surface area (Å²) in [5, 5.41) is 15.8. The summed E-state index contributed by atoms with van der Waals surface area (Å²) in [5.74, 6) is -0.0310. The van der Waals surface area contributed by atoms with Crippen LogP contribution in [0.5, 0.6) is 0 Å². The van der Waals surface area contributed by atoms with Crippen LogP contribution in [0.1, 0.15) is 22.8 Å². The van der Waals surface area contributed by atoms with Gasteiger partial charge in [-0.25, -0.2) is 10.2 Å². The second-order valence-corrected chi connectivity index (χ2v) is 6.42. The van der Waals surface area contributed by atoms with Gasteiger partial charge in [0.15, 0.2) is 11.5 Å². The van der Waals surface area contributed by atoms with Crippen LogP contribution >= 0.6 is 11.3 Å². The molecule has 132 valence electrons. The number of nitrogens with one attached hydrogen (secondary N) is 1. The summed E-state index contributed by atoms with van der Waals surface area (Å²) in [5.41, 5.74) is 14.1. The molecule has 0 saturated heterocycles. The number of aromatic nitrogens is 1. The molecule has 1 aromatic heterocycles. The van der Waals surface area contributed by atoms with E-state index in [2.05, 4.69) is 15.5 Å². The fourth-order valence-electron chi connectivity index (χ4n) is 2.30. The maximum atomic E-state index is 11.3. The predicted molar refractivity (Wildman–Crippen MR) is 103 cm³/mol. The molecule has 7 nitrogen and oxygen atoms in total. The van der Waals surface area contributed by atoms with Gasteiger partial charge in [-0.15, -0.1) is 11.3 Å². The van der Waals surface area contributed by atoms with E-state index < -0.39 is 0 Å². The summed E-state index contributed by atoms with van der Waals surface area (Å²) in [6.07, 6.45) is 1.58. The predicted octanol–water partition coefficient (Wildman–Crippen LogP) is 2.62. The van der Waals surface area contributed by atoms with Crippen LogP contribution in [0.3, 0.4) is 0 Å². The van der Waals surface area contributed by atoms with Gasteiger partial charge in [0.2, 0.25) is 5.13 Å². The van der Waals surface area contributed by atoms with Crippen LogP contribution in [0, 0.1) is 0 Å². The molecule has 0 spiro atoms. The number of nitrogens with two attached hydrogens (primary N) is 2. The first-order valence-electron chi connectivity index (χ1n) is 7.80. The number of carbonyl (C=O) groups excluding carboxylic acids is 1. The van der Waals surface area contributed by atoms with Crippen LogP contribution in [-0.2, 0) is 0 Å². The highest BCUT2D eigenvalue weighted by molar-refractivity contribution is 7.14. The van der Waals surface area contributed by atoms with Gasteiger partial charge < -0.3 is 5.73 Å². The number of thiazole rings is 1. The van der Waals surface area contributed by atoms with Gasteiger partial charge in [0.1, 0.15) is 0 Å². The number of rotatable bonds is 6. The molecule has 8 heteroatoms. The second-order valence-electron chi connectivity index (χ2n) is 5.56. The van der Waals surface area contributed by atoms with E-state index in [1.54, 1.807) is 30.5 Å². The third-order valence-electron chi connectivity index (χ3n) is 3.69. The molecule has 0 bridgehead atoms. The summed E-state index contributed by atoms with van der Waals surface area (Å²) in [6.45, 7) is 1.50. The molecule has 0 atom stereocenters. The Balaban J connectivity index is 1.70. The molecule has 0 aliphatic rings. The molecule has 1 heterocycles. The molecule has 0 aliphatic heterocycles. The van der Waals surface area contributed by atoms with E-state index in [0.29, 0.717) is 27.6 Å². The van der Waals surface area contributed by atoms with Gasteiger partial charge in [-0.05, 0) is 13.0 Å². The third kappa shape index (κ3) is 4.12. The Morgan fingerprint density at radius 2 is 2.19 bits per heavy atom. The topological polar surface area (TPSA) is 117 Å². The van der Waals surface area contributed by atoms with E-state index >= 15 is 0 Å². The van der Waals surface area contributed by atoms with Gasteiger partial charge in [0.05, 0.1) is 11.9 Å². The number of carbonyl (C=O) groups is 1. The van der Waals surface area contributed by atoms with Crippen molar-refractivity contribution in [3.8, 4) is 11.3 Å². The number of nitrogen functional groups attached to an aromatic ring is 1. The van der Waals surface area contributed by atoms with E-state index in [4.69, 9.17) is 10.9 Å². The number of nitrogens with zero attached hydrogens (tertiary/aromatic N) is 2. The minimum atomic E-state index is -0.0310. The first-order chi connectivity index (χ1) is 12.6. The summed E-state index contributed by atoms with van der Waals surface area (Å²) in [6, 6.07) is 12.5. The Morgan fingerprint density at radius 1 is 1.35 bits per heavy atom. The van der Waals surface area contributed by atoms with Crippen LogP contribution in [0.4, 0.5) is 16.5 Å². The fourth-order valence-corrected chi connectivity index (χ4v) is 2.97. The molecular formula is C18H18N5O2S+. The van der Waals surface area contributed by atoms with Crippen LogP contribution in [0.2, 0.25) is 0 Å². The summed E-state index contributed by atoms with van der Waals surface area (Å²) in [4.78, 5) is 15.8. The quantitative estimate of drug-likeness (QED) is 0.231. The highest BCUT2D eigenvalue weighted by atomic mass is 32.1. The maximum absolute atomic E-state index is 11.3. The zero-order valence-electron chi connectivity index (χ0n) is 14.0. The Bertz CT molecular complexity index is 968. The molecule has 2 aromatic carbocycles. The number of quaternary nitrogens is 1. The number of hydrogen-bond donors (Lipinski definition) is 4. The normalized spacial score (nSPS) is 11.0. The molecule has 0 saturated carbocycles. The van der Waals surface area contributed by atoms with Gasteiger partial charge in [-0.3, -0.25) is 10.2 Å². The number of ketones is 1. The highest BCUT2D eigenvalue weighted by Crippen LogP contribution is 2.25. The Labute approximate surface area is 154 Å². The molecule has 26 heavy (non-hydrogen) atoms. The molecule has 0 fully saturated rings. The zero-order chi connectivity index (χ0) is 18.5. The van der Waals surface area contributed by atoms with E-state index in [9.17, 15) is 4.79 Å². The van der Waals surface area contributed by atoms with Crippen molar-refractivity contribution in [2.75, 3.05) is 11.2 Å². The van der Waals surface area contributed by atoms with Crippen molar-refractivity contribution in [1.29, 1.82) is 0 Å². The minimum absolute atomic E-state index is 0.0310. The Kier molecular flexibility index (Phi) is 5.37. The second kappa shape index (κ2) is 7.87. The number of anilines is 2. The smallest absolute Gasteiger partial charge is 0.203 e. The molecule has 3 rings (SSSR count). The Morgan fingerprint density at radius 3 is 2.92 bits per heavy atom. The van der Waals surface area contributed by atoms with Crippen molar-refractivity contribution >= 4 is 39.8 Å². The molecular weight excluding hydrogens is 350 g/mol.